The number of nitro benzene ring substituents is 1. The summed E-state index contributed by atoms with van der Waals surface area (Å²) in [7, 11) is 0. The van der Waals surface area contributed by atoms with Crippen molar-refractivity contribution in [1.29, 1.82) is 0 Å². The summed E-state index contributed by atoms with van der Waals surface area (Å²) in [5, 5.41) is 10.9. The van der Waals surface area contributed by atoms with E-state index in [0.717, 1.165) is 0 Å². The van der Waals surface area contributed by atoms with E-state index in [-0.39, 0.29) is 5.69 Å². The van der Waals surface area contributed by atoms with E-state index in [2.05, 4.69) is 4.98 Å². The number of pyridine rings is 1. The summed E-state index contributed by atoms with van der Waals surface area (Å²) in [6, 6.07) is 9.77. The highest BCUT2D eigenvalue weighted by Crippen LogP contribution is 2.21. The van der Waals surface area contributed by atoms with Gasteiger partial charge in [0.2, 0.25) is 0 Å². The summed E-state index contributed by atoms with van der Waals surface area (Å²) in [6.45, 7) is 3.04. The van der Waals surface area contributed by atoms with Crippen molar-refractivity contribution in [3.63, 3.8) is 0 Å². The van der Waals surface area contributed by atoms with E-state index in [1.165, 1.54) is 13.0 Å². The summed E-state index contributed by atoms with van der Waals surface area (Å²) in [6.07, 6.45) is 3.30. The molecule has 0 fully saturated rings. The van der Waals surface area contributed by atoms with E-state index in [0.29, 0.717) is 22.7 Å². The van der Waals surface area contributed by atoms with Gasteiger partial charge in [0.05, 0.1) is 21.9 Å². The molecule has 0 spiro atoms. The van der Waals surface area contributed by atoms with Gasteiger partial charge >= 0.3 is 5.97 Å². The number of ether oxygens (including phenoxy) is 1. The fraction of sp³-hybridized carbons (Fsp3) is 0.125. The Morgan fingerprint density at radius 2 is 1.95 bits per heavy atom. The quantitative estimate of drug-likeness (QED) is 0.491. The molecule has 6 nitrogen and oxygen atoms in total. The number of carbonyl (C=O) groups is 1. The lowest BCUT2D eigenvalue weighted by Crippen LogP contribution is -2.03. The number of para-hydroxylation sites is 1. The Morgan fingerprint density at radius 3 is 2.59 bits per heavy atom. The van der Waals surface area contributed by atoms with Crippen molar-refractivity contribution in [2.45, 2.75) is 13.8 Å². The second-order valence-electron chi connectivity index (χ2n) is 4.56. The van der Waals surface area contributed by atoms with Gasteiger partial charge in [0.15, 0.2) is 5.75 Å². The van der Waals surface area contributed by atoms with Crippen LogP contribution in [0.15, 0.2) is 36.4 Å². The molecule has 0 aliphatic carbocycles. The van der Waals surface area contributed by atoms with Crippen LogP contribution >= 0.6 is 0 Å². The largest absolute Gasteiger partial charge is 0.425 e. The number of aromatic nitrogens is 1. The minimum atomic E-state index is -0.428. The highest BCUT2D eigenvalue weighted by molar-refractivity contribution is 5.73. The third-order valence-electron chi connectivity index (χ3n) is 2.88. The summed E-state index contributed by atoms with van der Waals surface area (Å²) < 4.78 is 5.00. The molecule has 0 radical (unpaired) electrons. The molecule has 0 saturated carbocycles. The molecule has 22 heavy (non-hydrogen) atoms. The Labute approximate surface area is 127 Å². The number of hydrogen-bond acceptors (Lipinski definition) is 5. The van der Waals surface area contributed by atoms with Crippen LogP contribution in [0.2, 0.25) is 0 Å². The standard InChI is InChI=1S/C16H14N2O4/c1-11-16(22-12(2)19)10-9-14(17-11)8-7-13-5-3-4-6-15(13)18(20)21/h3-10H,1-2H3. The molecule has 0 bridgehead atoms. The zero-order chi connectivity index (χ0) is 16.1. The predicted octanol–water partition coefficient (Wildman–Crippen LogP) is 3.39. The Kier molecular flexibility index (Phi) is 4.63. The summed E-state index contributed by atoms with van der Waals surface area (Å²) >= 11 is 0. The van der Waals surface area contributed by atoms with Crippen molar-refractivity contribution in [3.05, 3.63) is 63.5 Å². The molecule has 1 aromatic heterocycles. The second kappa shape index (κ2) is 6.62. The van der Waals surface area contributed by atoms with Gasteiger partial charge < -0.3 is 4.74 Å². The highest BCUT2D eigenvalue weighted by Gasteiger charge is 2.09. The molecule has 0 aliphatic heterocycles. The molecule has 0 saturated heterocycles. The van der Waals surface area contributed by atoms with E-state index < -0.39 is 10.9 Å². The number of rotatable bonds is 4. The average Bonchev–Trinajstić information content (AvgIpc) is 2.47. The summed E-state index contributed by atoms with van der Waals surface area (Å²) in [4.78, 5) is 25.7. The van der Waals surface area contributed by atoms with Gasteiger partial charge in [-0.3, -0.25) is 14.9 Å². The van der Waals surface area contributed by atoms with Crippen molar-refractivity contribution in [2.75, 3.05) is 0 Å². The first-order valence-corrected chi connectivity index (χ1v) is 6.55. The Bertz CT molecular complexity index is 754. The van der Waals surface area contributed by atoms with Crippen LogP contribution in [0.3, 0.4) is 0 Å². The number of hydrogen-bond donors (Lipinski definition) is 0. The third kappa shape index (κ3) is 3.76. The molecular formula is C16H14N2O4. The van der Waals surface area contributed by atoms with Gasteiger partial charge in [-0.1, -0.05) is 12.1 Å². The Balaban J connectivity index is 2.26. The number of nitro groups is 1. The average molecular weight is 298 g/mol. The normalized spacial score (nSPS) is 10.6. The van der Waals surface area contributed by atoms with Crippen LogP contribution in [0.5, 0.6) is 5.75 Å². The Morgan fingerprint density at radius 1 is 1.23 bits per heavy atom. The van der Waals surface area contributed by atoms with Crippen molar-refractivity contribution in [1.82, 2.24) is 4.98 Å². The van der Waals surface area contributed by atoms with E-state index in [9.17, 15) is 14.9 Å². The zero-order valence-corrected chi connectivity index (χ0v) is 12.1. The SMILES string of the molecule is CC(=O)Oc1ccc(C=Cc2ccccc2[N+](=O)[O-])nc1C. The molecule has 112 valence electrons. The topological polar surface area (TPSA) is 82.3 Å². The van der Waals surface area contributed by atoms with Gasteiger partial charge in [0.25, 0.3) is 5.69 Å². The van der Waals surface area contributed by atoms with Gasteiger partial charge in [0.1, 0.15) is 0 Å². The van der Waals surface area contributed by atoms with Crippen LogP contribution in [0.4, 0.5) is 5.69 Å². The number of carbonyl (C=O) groups excluding carboxylic acids is 1. The predicted molar refractivity (Wildman–Crippen MR) is 82.3 cm³/mol. The second-order valence-corrected chi connectivity index (χ2v) is 4.56. The maximum absolute atomic E-state index is 10.9. The van der Waals surface area contributed by atoms with Crippen LogP contribution in [-0.2, 0) is 4.79 Å². The molecule has 2 rings (SSSR count). The lowest BCUT2D eigenvalue weighted by atomic mass is 10.1. The van der Waals surface area contributed by atoms with Gasteiger partial charge in [-0.15, -0.1) is 0 Å². The van der Waals surface area contributed by atoms with Crippen molar-refractivity contribution < 1.29 is 14.5 Å². The Hall–Kier alpha value is -3.02. The number of esters is 1. The molecule has 1 aromatic carbocycles. The maximum Gasteiger partial charge on any atom is 0.308 e. The fourth-order valence-corrected chi connectivity index (χ4v) is 1.89. The lowest BCUT2D eigenvalue weighted by molar-refractivity contribution is -0.385. The third-order valence-corrected chi connectivity index (χ3v) is 2.88. The molecule has 0 amide bonds. The molecule has 0 atom stereocenters. The first kappa shape index (κ1) is 15.4. The monoisotopic (exact) mass is 298 g/mol. The van der Waals surface area contributed by atoms with Gasteiger partial charge in [-0.05, 0) is 37.3 Å². The summed E-state index contributed by atoms with van der Waals surface area (Å²) in [5.74, 6) is -0.0107. The molecule has 0 aliphatic rings. The van der Waals surface area contributed by atoms with Crippen LogP contribution in [-0.4, -0.2) is 15.9 Å². The first-order chi connectivity index (χ1) is 10.5. The number of aryl methyl sites for hydroxylation is 1. The van der Waals surface area contributed by atoms with Crippen LogP contribution < -0.4 is 4.74 Å². The lowest BCUT2D eigenvalue weighted by Gasteiger charge is -2.05. The van der Waals surface area contributed by atoms with Gasteiger partial charge in [-0.2, -0.15) is 0 Å². The summed E-state index contributed by atoms with van der Waals surface area (Å²) in [5.41, 5.74) is 1.72. The van der Waals surface area contributed by atoms with Crippen molar-refractivity contribution >= 4 is 23.8 Å². The zero-order valence-electron chi connectivity index (χ0n) is 12.1. The smallest absolute Gasteiger partial charge is 0.308 e. The molecule has 6 heteroatoms. The van der Waals surface area contributed by atoms with Gasteiger partial charge in [0, 0.05) is 13.0 Å². The minimum Gasteiger partial charge on any atom is -0.425 e. The van der Waals surface area contributed by atoms with Crippen LogP contribution in [0.25, 0.3) is 12.2 Å². The van der Waals surface area contributed by atoms with E-state index in [4.69, 9.17) is 4.74 Å². The molecule has 0 N–H and O–H groups in total. The fourth-order valence-electron chi connectivity index (χ4n) is 1.89. The van der Waals surface area contributed by atoms with Crippen LogP contribution in [0, 0.1) is 17.0 Å². The number of benzene rings is 1. The first-order valence-electron chi connectivity index (χ1n) is 6.55. The van der Waals surface area contributed by atoms with E-state index >= 15 is 0 Å². The molecule has 0 unspecified atom stereocenters. The van der Waals surface area contributed by atoms with Crippen molar-refractivity contribution in [3.8, 4) is 5.75 Å². The highest BCUT2D eigenvalue weighted by atomic mass is 16.6. The molecule has 1 heterocycles. The van der Waals surface area contributed by atoms with Gasteiger partial charge in [-0.25, -0.2) is 4.98 Å². The minimum absolute atomic E-state index is 0.0343. The van der Waals surface area contributed by atoms with Crippen molar-refractivity contribution in [2.24, 2.45) is 0 Å². The van der Waals surface area contributed by atoms with E-state index in [1.807, 2.05) is 0 Å². The number of nitrogens with zero attached hydrogens (tertiary/aromatic N) is 2. The molecule has 2 aromatic rings. The maximum atomic E-state index is 10.9. The van der Waals surface area contributed by atoms with Crippen LogP contribution in [0.1, 0.15) is 23.9 Å². The van der Waals surface area contributed by atoms with E-state index in [1.54, 1.807) is 49.4 Å². The molecular weight excluding hydrogens is 284 g/mol.